The van der Waals surface area contributed by atoms with Crippen molar-refractivity contribution in [2.45, 2.75) is 19.4 Å². The van der Waals surface area contributed by atoms with Gasteiger partial charge in [0.2, 0.25) is 0 Å². The second-order valence-corrected chi connectivity index (χ2v) is 4.47. The van der Waals surface area contributed by atoms with Crippen LogP contribution < -0.4 is 19.9 Å². The van der Waals surface area contributed by atoms with E-state index in [1.807, 2.05) is 0 Å². The van der Waals surface area contributed by atoms with Crippen LogP contribution in [0, 0.1) is 0 Å². The predicted molar refractivity (Wildman–Crippen MR) is 74.3 cm³/mol. The number of benzene rings is 1. The van der Waals surface area contributed by atoms with Gasteiger partial charge in [0, 0.05) is 18.2 Å². The van der Waals surface area contributed by atoms with Gasteiger partial charge in [0.15, 0.2) is 0 Å². The Balaban J connectivity index is 2.76. The highest BCUT2D eigenvalue weighted by atomic mass is 16.5. The summed E-state index contributed by atoms with van der Waals surface area (Å²) in [6.07, 6.45) is 0. The normalized spacial score (nSPS) is 13.2. The lowest BCUT2D eigenvalue weighted by Gasteiger charge is -2.22. The number of ether oxygens (including phenoxy) is 4. The summed E-state index contributed by atoms with van der Waals surface area (Å²) in [7, 11) is 3.09. The molecule has 0 fully saturated rings. The maximum Gasteiger partial charge on any atom is 0.329 e. The fourth-order valence-electron chi connectivity index (χ4n) is 1.45. The molecule has 20 heavy (non-hydrogen) atoms. The third-order valence-electron chi connectivity index (χ3n) is 2.61. The molecule has 0 bridgehead atoms. The van der Waals surface area contributed by atoms with E-state index in [2.05, 4.69) is 0 Å². The van der Waals surface area contributed by atoms with Crippen LogP contribution in [0.5, 0.6) is 17.2 Å². The van der Waals surface area contributed by atoms with E-state index in [0.29, 0.717) is 17.2 Å². The molecule has 112 valence electrons. The molecule has 0 heterocycles. The molecule has 1 unspecified atom stereocenters. The Bertz CT molecular complexity index is 437. The van der Waals surface area contributed by atoms with Crippen molar-refractivity contribution in [3.05, 3.63) is 18.2 Å². The lowest BCUT2D eigenvalue weighted by molar-refractivity contribution is -0.150. The van der Waals surface area contributed by atoms with Crippen molar-refractivity contribution in [3.63, 3.8) is 0 Å². The van der Waals surface area contributed by atoms with Gasteiger partial charge in [-0.3, -0.25) is 0 Å². The summed E-state index contributed by atoms with van der Waals surface area (Å²) in [4.78, 5) is 11.7. The van der Waals surface area contributed by atoms with Gasteiger partial charge in [0.25, 0.3) is 0 Å². The van der Waals surface area contributed by atoms with Gasteiger partial charge in [-0.05, 0) is 13.8 Å². The number of nitrogens with two attached hydrogens (primary N) is 1. The summed E-state index contributed by atoms with van der Waals surface area (Å²) in [6.45, 7) is 3.55. The maximum absolute atomic E-state index is 11.7. The number of esters is 1. The minimum absolute atomic E-state index is 0.0118. The Morgan fingerprint density at radius 1 is 1.15 bits per heavy atom. The van der Waals surface area contributed by atoms with Crippen molar-refractivity contribution < 1.29 is 23.7 Å². The van der Waals surface area contributed by atoms with E-state index in [4.69, 9.17) is 24.7 Å². The molecule has 0 aromatic heterocycles. The lowest BCUT2D eigenvalue weighted by atomic mass is 10.1. The lowest BCUT2D eigenvalue weighted by Crippen LogP contribution is -2.51. The summed E-state index contributed by atoms with van der Waals surface area (Å²) < 4.78 is 20.7. The van der Waals surface area contributed by atoms with Gasteiger partial charge in [-0.2, -0.15) is 0 Å². The van der Waals surface area contributed by atoms with E-state index in [1.165, 1.54) is 0 Å². The molecule has 0 amide bonds. The highest BCUT2D eigenvalue weighted by molar-refractivity contribution is 5.80. The molecule has 6 heteroatoms. The van der Waals surface area contributed by atoms with Crippen molar-refractivity contribution in [1.29, 1.82) is 0 Å². The van der Waals surface area contributed by atoms with Gasteiger partial charge in [-0.25, -0.2) is 4.79 Å². The van der Waals surface area contributed by atoms with Crippen LogP contribution in [0.4, 0.5) is 0 Å². The van der Waals surface area contributed by atoms with Crippen LogP contribution in [0.2, 0.25) is 0 Å². The average Bonchev–Trinajstić information content (AvgIpc) is 2.45. The van der Waals surface area contributed by atoms with Crippen molar-refractivity contribution in [3.8, 4) is 17.2 Å². The first-order valence-electron chi connectivity index (χ1n) is 6.25. The standard InChI is InChI=1S/C14H21NO5/c1-5-19-13(16)14(2,15)9-20-12-7-10(17-3)6-11(8-12)18-4/h6-8H,5,9,15H2,1-4H3. The SMILES string of the molecule is CCOC(=O)C(C)(N)COc1cc(OC)cc(OC)c1. The molecule has 0 saturated carbocycles. The fourth-order valence-corrected chi connectivity index (χ4v) is 1.45. The molecule has 0 radical (unpaired) electrons. The van der Waals surface area contributed by atoms with Crippen LogP contribution in [0.3, 0.4) is 0 Å². The molecule has 1 aromatic carbocycles. The summed E-state index contributed by atoms with van der Waals surface area (Å²) in [5.41, 5.74) is 4.66. The average molecular weight is 283 g/mol. The molecule has 1 aromatic rings. The van der Waals surface area contributed by atoms with E-state index in [9.17, 15) is 4.79 Å². The number of methoxy groups -OCH3 is 2. The molecule has 0 aliphatic carbocycles. The van der Waals surface area contributed by atoms with Crippen molar-refractivity contribution in [1.82, 2.24) is 0 Å². The molecule has 0 saturated heterocycles. The minimum atomic E-state index is -1.22. The molecular weight excluding hydrogens is 262 g/mol. The van der Waals surface area contributed by atoms with Crippen LogP contribution >= 0.6 is 0 Å². The van der Waals surface area contributed by atoms with Crippen LogP contribution in [0.1, 0.15) is 13.8 Å². The summed E-state index contributed by atoms with van der Waals surface area (Å²) >= 11 is 0. The van der Waals surface area contributed by atoms with Crippen molar-refractivity contribution >= 4 is 5.97 Å². The first kappa shape index (κ1) is 16.1. The second kappa shape index (κ2) is 7.00. The predicted octanol–water partition coefficient (Wildman–Crippen LogP) is 1.36. The first-order valence-corrected chi connectivity index (χ1v) is 6.25. The zero-order valence-corrected chi connectivity index (χ0v) is 12.3. The van der Waals surface area contributed by atoms with E-state index in [-0.39, 0.29) is 13.2 Å². The Morgan fingerprint density at radius 2 is 1.65 bits per heavy atom. The molecule has 6 nitrogen and oxygen atoms in total. The van der Waals surface area contributed by atoms with Gasteiger partial charge in [0.05, 0.1) is 20.8 Å². The van der Waals surface area contributed by atoms with Crippen LogP contribution in [-0.2, 0) is 9.53 Å². The van der Waals surface area contributed by atoms with E-state index < -0.39 is 11.5 Å². The largest absolute Gasteiger partial charge is 0.496 e. The van der Waals surface area contributed by atoms with E-state index >= 15 is 0 Å². The quantitative estimate of drug-likeness (QED) is 0.761. The molecular formula is C14H21NO5. The van der Waals surface area contributed by atoms with Gasteiger partial charge in [-0.15, -0.1) is 0 Å². The Labute approximate surface area is 118 Å². The molecule has 0 spiro atoms. The minimum Gasteiger partial charge on any atom is -0.496 e. The topological polar surface area (TPSA) is 80.0 Å². The van der Waals surface area contributed by atoms with Gasteiger partial charge < -0.3 is 24.7 Å². The smallest absolute Gasteiger partial charge is 0.329 e. The van der Waals surface area contributed by atoms with Gasteiger partial charge in [-0.1, -0.05) is 0 Å². The number of carbonyl (C=O) groups excluding carboxylic acids is 1. The van der Waals surface area contributed by atoms with Gasteiger partial charge in [0.1, 0.15) is 29.4 Å². The van der Waals surface area contributed by atoms with Crippen LogP contribution in [0.15, 0.2) is 18.2 Å². The molecule has 2 N–H and O–H groups in total. The van der Waals surface area contributed by atoms with Crippen LogP contribution in [-0.4, -0.2) is 38.9 Å². The molecule has 1 rings (SSSR count). The summed E-state index contributed by atoms with van der Waals surface area (Å²) in [6, 6.07) is 5.09. The third-order valence-corrected chi connectivity index (χ3v) is 2.61. The van der Waals surface area contributed by atoms with Gasteiger partial charge >= 0.3 is 5.97 Å². The highest BCUT2D eigenvalue weighted by Gasteiger charge is 2.31. The number of rotatable bonds is 7. The zero-order valence-electron chi connectivity index (χ0n) is 12.3. The Kier molecular flexibility index (Phi) is 5.64. The number of carbonyl (C=O) groups is 1. The number of hydrogen-bond donors (Lipinski definition) is 1. The Morgan fingerprint density at radius 3 is 2.10 bits per heavy atom. The molecule has 0 aliphatic rings. The van der Waals surface area contributed by atoms with E-state index in [0.717, 1.165) is 0 Å². The summed E-state index contributed by atoms with van der Waals surface area (Å²) in [5, 5.41) is 0. The summed E-state index contributed by atoms with van der Waals surface area (Å²) in [5.74, 6) is 1.18. The second-order valence-electron chi connectivity index (χ2n) is 4.47. The van der Waals surface area contributed by atoms with Crippen LogP contribution in [0.25, 0.3) is 0 Å². The first-order chi connectivity index (χ1) is 9.42. The van der Waals surface area contributed by atoms with Crippen molar-refractivity contribution in [2.75, 3.05) is 27.4 Å². The monoisotopic (exact) mass is 283 g/mol. The maximum atomic E-state index is 11.7. The molecule has 1 atom stereocenters. The highest BCUT2D eigenvalue weighted by Crippen LogP contribution is 2.27. The van der Waals surface area contributed by atoms with Crippen molar-refractivity contribution in [2.24, 2.45) is 5.73 Å². The fraction of sp³-hybridized carbons (Fsp3) is 0.500. The Hall–Kier alpha value is -1.95. The van der Waals surface area contributed by atoms with E-state index in [1.54, 1.807) is 46.3 Å². The number of hydrogen-bond acceptors (Lipinski definition) is 6. The molecule has 0 aliphatic heterocycles. The third kappa shape index (κ3) is 4.31. The zero-order chi connectivity index (χ0) is 15.2.